The fourth-order valence-corrected chi connectivity index (χ4v) is 3.58. The monoisotopic (exact) mass is 448 g/mol. The molecule has 1 aliphatic rings. The minimum absolute atomic E-state index is 0.0306. The van der Waals surface area contributed by atoms with E-state index >= 15 is 0 Å². The molecule has 0 atom stereocenters. The van der Waals surface area contributed by atoms with Gasteiger partial charge in [0, 0.05) is 42.8 Å². The van der Waals surface area contributed by atoms with Crippen LogP contribution in [0.4, 0.5) is 5.88 Å². The molecule has 32 heavy (non-hydrogen) atoms. The molecule has 1 amide bonds. The lowest BCUT2D eigenvalue weighted by Crippen LogP contribution is -2.48. The standard InChI is InChI=1S/C24H21ClN4O3/c1-31-20-9-5-18(6-10-20)23(30)28-12-14-29(15-13-28)24-21(16-26)27-22(32-24)11-4-17-2-7-19(25)8-3-17/h2-11H,12-15H2,1H3/b11-4+. The van der Waals surface area contributed by atoms with Gasteiger partial charge in [0.05, 0.1) is 7.11 Å². The highest BCUT2D eigenvalue weighted by atomic mass is 35.5. The van der Waals surface area contributed by atoms with Crippen molar-refractivity contribution in [1.29, 1.82) is 5.26 Å². The Morgan fingerprint density at radius 1 is 1.09 bits per heavy atom. The number of carbonyl (C=O) groups is 1. The van der Waals surface area contributed by atoms with Crippen molar-refractivity contribution in [1.82, 2.24) is 9.88 Å². The number of oxazole rings is 1. The zero-order valence-electron chi connectivity index (χ0n) is 17.5. The number of rotatable bonds is 5. The molecule has 0 aliphatic carbocycles. The molecule has 1 aromatic heterocycles. The van der Waals surface area contributed by atoms with Gasteiger partial charge in [-0.15, -0.1) is 0 Å². The van der Waals surface area contributed by atoms with Gasteiger partial charge in [0.2, 0.25) is 17.5 Å². The Balaban J connectivity index is 1.42. The number of aromatic nitrogens is 1. The predicted molar refractivity (Wildman–Crippen MR) is 123 cm³/mol. The summed E-state index contributed by atoms with van der Waals surface area (Å²) in [5.74, 6) is 1.46. The van der Waals surface area contributed by atoms with Crippen molar-refractivity contribution in [3.05, 3.63) is 76.3 Å². The lowest BCUT2D eigenvalue weighted by atomic mass is 10.1. The van der Waals surface area contributed by atoms with E-state index in [1.165, 1.54) is 0 Å². The Hall–Kier alpha value is -3.76. The second kappa shape index (κ2) is 9.58. The summed E-state index contributed by atoms with van der Waals surface area (Å²) < 4.78 is 11.0. The summed E-state index contributed by atoms with van der Waals surface area (Å²) in [7, 11) is 1.59. The van der Waals surface area contributed by atoms with Crippen molar-refractivity contribution < 1.29 is 13.9 Å². The minimum atomic E-state index is -0.0306. The van der Waals surface area contributed by atoms with Crippen LogP contribution < -0.4 is 9.64 Å². The van der Waals surface area contributed by atoms with Gasteiger partial charge in [0.25, 0.3) is 5.91 Å². The third-order valence-corrected chi connectivity index (χ3v) is 5.46. The van der Waals surface area contributed by atoms with E-state index < -0.39 is 0 Å². The van der Waals surface area contributed by atoms with Crippen molar-refractivity contribution in [2.75, 3.05) is 38.2 Å². The molecule has 2 aromatic carbocycles. The number of amides is 1. The van der Waals surface area contributed by atoms with Crippen LogP contribution in [0.2, 0.25) is 5.02 Å². The number of anilines is 1. The summed E-state index contributed by atoms with van der Waals surface area (Å²) in [6.45, 7) is 2.14. The van der Waals surface area contributed by atoms with E-state index in [2.05, 4.69) is 11.1 Å². The molecule has 4 rings (SSSR count). The number of hydrogen-bond donors (Lipinski definition) is 0. The van der Waals surface area contributed by atoms with E-state index in [0.717, 1.165) is 5.56 Å². The first kappa shape index (κ1) is 21.5. The van der Waals surface area contributed by atoms with Crippen molar-refractivity contribution in [3.63, 3.8) is 0 Å². The first-order valence-electron chi connectivity index (χ1n) is 10.1. The van der Waals surface area contributed by atoms with Gasteiger partial charge >= 0.3 is 0 Å². The lowest BCUT2D eigenvalue weighted by Gasteiger charge is -2.34. The molecule has 2 heterocycles. The Bertz CT molecular complexity index is 1160. The summed E-state index contributed by atoms with van der Waals surface area (Å²) in [6, 6.07) is 16.5. The van der Waals surface area contributed by atoms with E-state index in [0.29, 0.717) is 54.3 Å². The molecule has 0 spiro atoms. The highest BCUT2D eigenvalue weighted by Gasteiger charge is 2.26. The molecule has 0 saturated carbocycles. The van der Waals surface area contributed by atoms with Gasteiger partial charge in [-0.2, -0.15) is 10.2 Å². The van der Waals surface area contributed by atoms with Gasteiger partial charge in [-0.3, -0.25) is 4.79 Å². The Kier molecular flexibility index (Phi) is 6.43. The second-order valence-electron chi connectivity index (χ2n) is 7.21. The van der Waals surface area contributed by atoms with Crippen LogP contribution in [0.3, 0.4) is 0 Å². The molecule has 1 fully saturated rings. The number of methoxy groups -OCH3 is 1. The second-order valence-corrected chi connectivity index (χ2v) is 7.65. The lowest BCUT2D eigenvalue weighted by molar-refractivity contribution is 0.0745. The van der Waals surface area contributed by atoms with Crippen LogP contribution in [-0.2, 0) is 0 Å². The van der Waals surface area contributed by atoms with Crippen LogP contribution in [0.1, 0.15) is 27.5 Å². The normalized spacial score (nSPS) is 13.9. The summed E-state index contributed by atoms with van der Waals surface area (Å²) in [6.07, 6.45) is 3.57. The smallest absolute Gasteiger partial charge is 0.253 e. The Morgan fingerprint density at radius 2 is 1.78 bits per heavy atom. The van der Waals surface area contributed by atoms with Crippen molar-refractivity contribution in [2.24, 2.45) is 0 Å². The molecule has 0 N–H and O–H groups in total. The van der Waals surface area contributed by atoms with Crippen molar-refractivity contribution in [2.45, 2.75) is 0 Å². The summed E-state index contributed by atoms with van der Waals surface area (Å²) in [4.78, 5) is 20.8. The molecule has 3 aromatic rings. The van der Waals surface area contributed by atoms with E-state index in [4.69, 9.17) is 20.8 Å². The number of nitriles is 1. The van der Waals surface area contributed by atoms with Crippen LogP contribution in [0.25, 0.3) is 12.2 Å². The zero-order valence-corrected chi connectivity index (χ0v) is 18.2. The van der Waals surface area contributed by atoms with Gasteiger partial charge in [0.1, 0.15) is 11.8 Å². The summed E-state index contributed by atoms with van der Waals surface area (Å²) >= 11 is 5.91. The molecule has 0 bridgehead atoms. The van der Waals surface area contributed by atoms with Crippen LogP contribution in [0, 0.1) is 11.3 Å². The predicted octanol–water partition coefficient (Wildman–Crippen LogP) is 4.34. The number of carbonyl (C=O) groups excluding carboxylic acids is 1. The van der Waals surface area contributed by atoms with Crippen molar-refractivity contribution in [3.8, 4) is 11.8 Å². The molecule has 8 heteroatoms. The Morgan fingerprint density at radius 3 is 2.41 bits per heavy atom. The van der Waals surface area contributed by atoms with Gasteiger partial charge < -0.3 is 19.0 Å². The molecular weight excluding hydrogens is 428 g/mol. The molecule has 7 nitrogen and oxygen atoms in total. The Labute approximate surface area is 191 Å². The summed E-state index contributed by atoms with van der Waals surface area (Å²) in [5.41, 5.74) is 1.79. The van der Waals surface area contributed by atoms with E-state index in [1.54, 1.807) is 54.5 Å². The summed E-state index contributed by atoms with van der Waals surface area (Å²) in [5, 5.41) is 10.2. The van der Waals surface area contributed by atoms with Crippen LogP contribution in [-0.4, -0.2) is 49.1 Å². The highest BCUT2D eigenvalue weighted by molar-refractivity contribution is 6.30. The maximum Gasteiger partial charge on any atom is 0.253 e. The topological polar surface area (TPSA) is 82.6 Å². The average Bonchev–Trinajstić information content (AvgIpc) is 3.27. The number of benzene rings is 2. The average molecular weight is 449 g/mol. The number of hydrogen-bond acceptors (Lipinski definition) is 6. The van der Waals surface area contributed by atoms with Gasteiger partial charge in [-0.05, 0) is 48.0 Å². The maximum absolute atomic E-state index is 12.8. The SMILES string of the molecule is COc1ccc(C(=O)N2CCN(c3oc(/C=C/c4ccc(Cl)cc4)nc3C#N)CC2)cc1. The molecule has 0 radical (unpaired) electrons. The van der Waals surface area contributed by atoms with Crippen molar-refractivity contribution >= 4 is 35.5 Å². The number of ether oxygens (including phenoxy) is 1. The molecular formula is C24H21ClN4O3. The van der Waals surface area contributed by atoms with Gasteiger partial charge in [-0.25, -0.2) is 0 Å². The highest BCUT2D eigenvalue weighted by Crippen LogP contribution is 2.25. The molecule has 0 unspecified atom stereocenters. The first-order chi connectivity index (χ1) is 15.6. The van der Waals surface area contributed by atoms with E-state index in [1.807, 2.05) is 23.1 Å². The van der Waals surface area contributed by atoms with Crippen LogP contribution in [0.15, 0.2) is 52.9 Å². The minimum Gasteiger partial charge on any atom is -0.497 e. The number of halogens is 1. The van der Waals surface area contributed by atoms with E-state index in [-0.39, 0.29) is 11.6 Å². The fraction of sp³-hybridized carbons (Fsp3) is 0.208. The maximum atomic E-state index is 12.8. The molecule has 162 valence electrons. The first-order valence-corrected chi connectivity index (χ1v) is 10.5. The largest absolute Gasteiger partial charge is 0.497 e. The third-order valence-electron chi connectivity index (χ3n) is 5.21. The molecule has 1 aliphatic heterocycles. The van der Waals surface area contributed by atoms with Crippen LogP contribution >= 0.6 is 11.6 Å². The quantitative estimate of drug-likeness (QED) is 0.577. The van der Waals surface area contributed by atoms with Crippen LogP contribution in [0.5, 0.6) is 5.75 Å². The number of piperazine rings is 1. The van der Waals surface area contributed by atoms with E-state index in [9.17, 15) is 10.1 Å². The third kappa shape index (κ3) is 4.76. The zero-order chi connectivity index (χ0) is 22.5. The number of nitrogens with zero attached hydrogens (tertiary/aromatic N) is 4. The fourth-order valence-electron chi connectivity index (χ4n) is 3.46. The van der Waals surface area contributed by atoms with Gasteiger partial charge in [0.15, 0.2) is 0 Å². The van der Waals surface area contributed by atoms with Gasteiger partial charge in [-0.1, -0.05) is 23.7 Å². The molecule has 1 saturated heterocycles.